The highest BCUT2D eigenvalue weighted by atomic mass is 35.5. The lowest BCUT2D eigenvalue weighted by Gasteiger charge is -2.09. The quantitative estimate of drug-likeness (QED) is 0.750. The van der Waals surface area contributed by atoms with Crippen LogP contribution in [0, 0.1) is 6.07 Å². The fraction of sp³-hybridized carbons (Fsp3) is 0.333. The van der Waals surface area contributed by atoms with Crippen molar-refractivity contribution in [1.82, 2.24) is 0 Å². The van der Waals surface area contributed by atoms with Crippen molar-refractivity contribution in [3.63, 3.8) is 0 Å². The molecule has 13 heavy (non-hydrogen) atoms. The summed E-state index contributed by atoms with van der Waals surface area (Å²) in [7, 11) is 4.58. The van der Waals surface area contributed by atoms with Crippen molar-refractivity contribution in [3.05, 3.63) is 17.2 Å². The first-order chi connectivity index (χ1) is 6.22. The largest absolute Gasteiger partial charge is 0.496 e. The molecule has 0 bridgehead atoms. The second-order valence-electron chi connectivity index (χ2n) is 2.25. The van der Waals surface area contributed by atoms with Gasteiger partial charge in [0.25, 0.3) is 0 Å². The molecule has 1 aromatic carbocycles. The van der Waals surface area contributed by atoms with Crippen LogP contribution in [0.4, 0.5) is 0 Å². The monoisotopic (exact) mass is 201 g/mol. The number of hydrogen-bond acceptors (Lipinski definition) is 3. The maximum Gasteiger partial charge on any atom is 0.153 e. The van der Waals surface area contributed by atoms with Crippen molar-refractivity contribution in [2.75, 3.05) is 21.3 Å². The van der Waals surface area contributed by atoms with Gasteiger partial charge in [-0.3, -0.25) is 0 Å². The summed E-state index contributed by atoms with van der Waals surface area (Å²) >= 11 is 5.90. The van der Waals surface area contributed by atoms with E-state index in [-0.39, 0.29) is 0 Å². The second-order valence-corrected chi connectivity index (χ2v) is 2.63. The molecule has 0 aliphatic rings. The van der Waals surface area contributed by atoms with E-state index >= 15 is 0 Å². The van der Waals surface area contributed by atoms with Crippen molar-refractivity contribution in [1.29, 1.82) is 0 Å². The molecule has 0 aromatic heterocycles. The third-order valence-electron chi connectivity index (χ3n) is 1.56. The van der Waals surface area contributed by atoms with Crippen molar-refractivity contribution in [2.24, 2.45) is 0 Å². The Hall–Kier alpha value is -1.09. The van der Waals surface area contributed by atoms with Gasteiger partial charge in [0.15, 0.2) is 5.75 Å². The van der Waals surface area contributed by atoms with Gasteiger partial charge in [-0.25, -0.2) is 0 Å². The lowest BCUT2D eigenvalue weighted by atomic mass is 10.3. The Labute approximate surface area is 82.2 Å². The molecule has 1 radical (unpaired) electrons. The summed E-state index contributed by atoms with van der Waals surface area (Å²) in [4.78, 5) is 0. The molecule has 1 aromatic rings. The van der Waals surface area contributed by atoms with E-state index in [1.165, 1.54) is 14.2 Å². The maximum absolute atomic E-state index is 5.90. The predicted octanol–water partition coefficient (Wildman–Crippen LogP) is 2.17. The highest BCUT2D eigenvalue weighted by Gasteiger charge is 2.10. The van der Waals surface area contributed by atoms with Gasteiger partial charge in [0.2, 0.25) is 0 Å². The van der Waals surface area contributed by atoms with E-state index in [0.29, 0.717) is 22.3 Å². The van der Waals surface area contributed by atoms with Gasteiger partial charge in [0, 0.05) is 6.07 Å². The highest BCUT2D eigenvalue weighted by molar-refractivity contribution is 6.33. The van der Waals surface area contributed by atoms with E-state index in [1.807, 2.05) is 0 Å². The van der Waals surface area contributed by atoms with E-state index in [2.05, 4.69) is 6.07 Å². The average molecular weight is 202 g/mol. The molecule has 0 N–H and O–H groups in total. The molecule has 0 amide bonds. The molecule has 0 saturated carbocycles. The number of rotatable bonds is 3. The lowest BCUT2D eigenvalue weighted by molar-refractivity contribution is 0.374. The Morgan fingerprint density at radius 3 is 2.31 bits per heavy atom. The van der Waals surface area contributed by atoms with Crippen LogP contribution >= 0.6 is 11.6 Å². The van der Waals surface area contributed by atoms with Crippen LogP contribution < -0.4 is 14.2 Å². The van der Waals surface area contributed by atoms with Crippen LogP contribution in [-0.4, -0.2) is 21.3 Å². The number of methoxy groups -OCH3 is 3. The minimum absolute atomic E-state index is 0.394. The van der Waals surface area contributed by atoms with Gasteiger partial charge < -0.3 is 14.2 Å². The summed E-state index contributed by atoms with van der Waals surface area (Å²) < 4.78 is 15.0. The van der Waals surface area contributed by atoms with Gasteiger partial charge in [-0.05, 0) is 0 Å². The van der Waals surface area contributed by atoms with E-state index in [9.17, 15) is 0 Å². The molecule has 0 aliphatic heterocycles. The Kier molecular flexibility index (Phi) is 3.25. The summed E-state index contributed by atoms with van der Waals surface area (Å²) in [5.41, 5.74) is 0. The fourth-order valence-electron chi connectivity index (χ4n) is 0.896. The molecule has 0 saturated heterocycles. The second kappa shape index (κ2) is 4.23. The average Bonchev–Trinajstić information content (AvgIpc) is 2.18. The van der Waals surface area contributed by atoms with Gasteiger partial charge in [-0.2, -0.15) is 0 Å². The van der Waals surface area contributed by atoms with Crippen molar-refractivity contribution in [2.45, 2.75) is 0 Å². The molecule has 3 nitrogen and oxygen atoms in total. The number of benzene rings is 1. The fourth-order valence-corrected chi connectivity index (χ4v) is 1.15. The van der Waals surface area contributed by atoms with E-state index in [0.717, 1.165) is 0 Å². The Bertz CT molecular complexity index is 274. The molecular formula is C9H10ClO3. The third kappa shape index (κ3) is 1.98. The van der Waals surface area contributed by atoms with Crippen LogP contribution in [0.5, 0.6) is 17.2 Å². The SMILES string of the molecule is COc1[c]c(OC)c(Cl)c(OC)c1. The van der Waals surface area contributed by atoms with Gasteiger partial charge in [0.05, 0.1) is 27.4 Å². The standard InChI is InChI=1S/C9H10ClO3/c1-11-6-4-7(12-2)9(10)8(5-6)13-3/h4H,1-3H3. The zero-order valence-electron chi connectivity index (χ0n) is 7.68. The van der Waals surface area contributed by atoms with Gasteiger partial charge in [0.1, 0.15) is 16.5 Å². The summed E-state index contributed by atoms with van der Waals surface area (Å²) in [6.07, 6.45) is 0. The first-order valence-corrected chi connectivity index (χ1v) is 3.98. The van der Waals surface area contributed by atoms with Crippen LogP contribution in [-0.2, 0) is 0 Å². The van der Waals surface area contributed by atoms with Crippen LogP contribution in [0.2, 0.25) is 5.02 Å². The molecule has 0 atom stereocenters. The Morgan fingerprint density at radius 1 is 1.15 bits per heavy atom. The van der Waals surface area contributed by atoms with Crippen LogP contribution in [0.3, 0.4) is 0 Å². The molecule has 0 heterocycles. The molecule has 0 spiro atoms. The van der Waals surface area contributed by atoms with Crippen LogP contribution in [0.1, 0.15) is 0 Å². The normalized spacial score (nSPS) is 9.54. The molecule has 0 aliphatic carbocycles. The van der Waals surface area contributed by atoms with Crippen molar-refractivity contribution in [3.8, 4) is 17.2 Å². The minimum atomic E-state index is 0.394. The number of ether oxygens (including phenoxy) is 3. The summed E-state index contributed by atoms with van der Waals surface area (Å²) in [5, 5.41) is 0.394. The van der Waals surface area contributed by atoms with Crippen LogP contribution in [0.15, 0.2) is 6.07 Å². The Morgan fingerprint density at radius 2 is 1.85 bits per heavy atom. The van der Waals surface area contributed by atoms with E-state index < -0.39 is 0 Å². The predicted molar refractivity (Wildman–Crippen MR) is 49.9 cm³/mol. The molecule has 0 unspecified atom stereocenters. The van der Waals surface area contributed by atoms with E-state index in [4.69, 9.17) is 25.8 Å². The zero-order valence-corrected chi connectivity index (χ0v) is 8.44. The maximum atomic E-state index is 5.90. The molecule has 1 rings (SSSR count). The van der Waals surface area contributed by atoms with Gasteiger partial charge in [-0.15, -0.1) is 0 Å². The zero-order chi connectivity index (χ0) is 9.84. The smallest absolute Gasteiger partial charge is 0.153 e. The third-order valence-corrected chi connectivity index (χ3v) is 1.92. The topological polar surface area (TPSA) is 27.7 Å². The van der Waals surface area contributed by atoms with Gasteiger partial charge >= 0.3 is 0 Å². The van der Waals surface area contributed by atoms with Crippen LogP contribution in [0.25, 0.3) is 0 Å². The molecule has 0 fully saturated rings. The number of hydrogen-bond donors (Lipinski definition) is 0. The highest BCUT2D eigenvalue weighted by Crippen LogP contribution is 2.37. The molecule has 4 heteroatoms. The molecule has 71 valence electrons. The van der Waals surface area contributed by atoms with E-state index in [1.54, 1.807) is 13.2 Å². The Balaban J connectivity index is 3.20. The first kappa shape index (κ1) is 9.99. The van der Waals surface area contributed by atoms with Crippen molar-refractivity contribution >= 4 is 11.6 Å². The number of halogens is 1. The summed E-state index contributed by atoms with van der Waals surface area (Å²) in [5.74, 6) is 1.45. The summed E-state index contributed by atoms with van der Waals surface area (Å²) in [6, 6.07) is 4.47. The molecular weight excluding hydrogens is 192 g/mol. The minimum Gasteiger partial charge on any atom is -0.496 e. The first-order valence-electron chi connectivity index (χ1n) is 3.60. The summed E-state index contributed by atoms with van der Waals surface area (Å²) in [6.45, 7) is 0. The van der Waals surface area contributed by atoms with Crippen molar-refractivity contribution < 1.29 is 14.2 Å². The lowest BCUT2D eigenvalue weighted by Crippen LogP contribution is -1.92. The van der Waals surface area contributed by atoms with Gasteiger partial charge in [-0.1, -0.05) is 11.6 Å².